The van der Waals surface area contributed by atoms with Gasteiger partial charge in [-0.3, -0.25) is 0 Å². The fourth-order valence-corrected chi connectivity index (χ4v) is 1.98. The standard InChI is InChI=1S/C11H18N2OS/c12-11(6-13-8-15)5-9-2-1-3-10(4-9)7-14/h3,6,8-9,14H,1-2,4-5,7,12H2,(H,13,15)/b11-6-. The molecule has 0 radical (unpaired) electrons. The minimum Gasteiger partial charge on any atom is -0.401 e. The van der Waals surface area contributed by atoms with Gasteiger partial charge in [0.05, 0.1) is 12.1 Å². The number of hydrogen-bond donors (Lipinski definition) is 3. The van der Waals surface area contributed by atoms with Crippen molar-refractivity contribution in [3.8, 4) is 0 Å². The first kappa shape index (κ1) is 12.2. The fraction of sp³-hybridized carbons (Fsp3) is 0.545. The number of allylic oxidation sites excluding steroid dienone is 2. The van der Waals surface area contributed by atoms with Crippen LogP contribution in [0.1, 0.15) is 25.7 Å². The molecule has 0 amide bonds. The highest BCUT2D eigenvalue weighted by Crippen LogP contribution is 2.27. The summed E-state index contributed by atoms with van der Waals surface area (Å²) < 4.78 is 0. The molecule has 1 atom stereocenters. The Bertz CT molecular complexity index is 274. The molecule has 0 aliphatic heterocycles. The second kappa shape index (κ2) is 6.58. The minimum atomic E-state index is 0.179. The Kier molecular flexibility index (Phi) is 5.36. The fourth-order valence-electron chi connectivity index (χ4n) is 1.92. The quantitative estimate of drug-likeness (QED) is 0.490. The summed E-state index contributed by atoms with van der Waals surface area (Å²) in [5.74, 6) is 0.556. The van der Waals surface area contributed by atoms with Gasteiger partial charge in [0.15, 0.2) is 0 Å². The lowest BCUT2D eigenvalue weighted by Gasteiger charge is -2.21. The zero-order valence-electron chi connectivity index (χ0n) is 8.78. The molecular weight excluding hydrogens is 208 g/mol. The van der Waals surface area contributed by atoms with E-state index in [1.165, 1.54) is 5.49 Å². The van der Waals surface area contributed by atoms with Gasteiger partial charge < -0.3 is 16.2 Å². The molecule has 0 bridgehead atoms. The molecule has 0 saturated heterocycles. The number of thiocarbonyl (C=S) groups is 1. The molecule has 0 aromatic heterocycles. The summed E-state index contributed by atoms with van der Waals surface area (Å²) in [5.41, 5.74) is 9.23. The SMILES string of the molecule is N/C(=C\NC=S)CC1CCC=C(CO)C1. The van der Waals surface area contributed by atoms with Crippen molar-refractivity contribution in [2.24, 2.45) is 11.7 Å². The first-order valence-corrected chi connectivity index (χ1v) is 5.66. The molecule has 0 saturated carbocycles. The van der Waals surface area contributed by atoms with Gasteiger partial charge >= 0.3 is 0 Å². The van der Waals surface area contributed by atoms with Crippen LogP contribution in [-0.4, -0.2) is 17.2 Å². The largest absolute Gasteiger partial charge is 0.401 e. The van der Waals surface area contributed by atoms with Crippen LogP contribution in [0.5, 0.6) is 0 Å². The van der Waals surface area contributed by atoms with Gasteiger partial charge in [0.2, 0.25) is 0 Å². The average molecular weight is 226 g/mol. The molecule has 4 N–H and O–H groups in total. The molecule has 3 nitrogen and oxygen atoms in total. The lowest BCUT2D eigenvalue weighted by Crippen LogP contribution is -2.14. The predicted octanol–water partition coefficient (Wildman–Crippen LogP) is 1.44. The van der Waals surface area contributed by atoms with E-state index in [9.17, 15) is 0 Å². The van der Waals surface area contributed by atoms with Gasteiger partial charge in [-0.15, -0.1) is 0 Å². The lowest BCUT2D eigenvalue weighted by molar-refractivity contribution is 0.310. The van der Waals surface area contributed by atoms with E-state index in [4.69, 9.17) is 10.8 Å². The third kappa shape index (κ3) is 4.44. The van der Waals surface area contributed by atoms with E-state index in [0.29, 0.717) is 5.92 Å². The summed E-state index contributed by atoms with van der Waals surface area (Å²) in [5, 5.41) is 11.8. The lowest BCUT2D eigenvalue weighted by atomic mass is 9.86. The predicted molar refractivity (Wildman–Crippen MR) is 66.2 cm³/mol. The van der Waals surface area contributed by atoms with Gasteiger partial charge in [-0.05, 0) is 37.2 Å². The van der Waals surface area contributed by atoms with Crippen molar-refractivity contribution in [1.82, 2.24) is 5.32 Å². The topological polar surface area (TPSA) is 58.3 Å². The van der Waals surface area contributed by atoms with Crippen molar-refractivity contribution < 1.29 is 5.11 Å². The second-order valence-electron chi connectivity index (χ2n) is 3.88. The van der Waals surface area contributed by atoms with E-state index in [2.05, 4.69) is 23.6 Å². The van der Waals surface area contributed by atoms with Crippen LogP contribution in [0, 0.1) is 5.92 Å². The van der Waals surface area contributed by atoms with Gasteiger partial charge in [0.1, 0.15) is 0 Å². The van der Waals surface area contributed by atoms with Crippen LogP contribution in [0.3, 0.4) is 0 Å². The zero-order chi connectivity index (χ0) is 11.1. The Labute approximate surface area is 96.0 Å². The van der Waals surface area contributed by atoms with Crippen LogP contribution >= 0.6 is 12.2 Å². The summed E-state index contributed by atoms with van der Waals surface area (Å²) in [6.07, 6.45) is 7.90. The number of hydrogen-bond acceptors (Lipinski definition) is 3. The smallest absolute Gasteiger partial charge is 0.0654 e. The molecule has 1 aliphatic carbocycles. The Balaban J connectivity index is 2.39. The summed E-state index contributed by atoms with van der Waals surface area (Å²) in [7, 11) is 0. The maximum atomic E-state index is 9.04. The first-order chi connectivity index (χ1) is 7.26. The van der Waals surface area contributed by atoms with E-state index in [1.54, 1.807) is 6.20 Å². The third-order valence-electron chi connectivity index (χ3n) is 2.62. The average Bonchev–Trinajstić information content (AvgIpc) is 2.26. The maximum absolute atomic E-state index is 9.04. The summed E-state index contributed by atoms with van der Waals surface area (Å²) in [6.45, 7) is 0.179. The van der Waals surface area contributed by atoms with Gasteiger partial charge in [0.25, 0.3) is 0 Å². The van der Waals surface area contributed by atoms with E-state index < -0.39 is 0 Å². The van der Waals surface area contributed by atoms with Crippen molar-refractivity contribution in [1.29, 1.82) is 0 Å². The highest BCUT2D eigenvalue weighted by Gasteiger charge is 2.15. The molecule has 84 valence electrons. The minimum absolute atomic E-state index is 0.179. The van der Waals surface area contributed by atoms with E-state index in [1.807, 2.05) is 0 Å². The normalized spacial score (nSPS) is 22.1. The van der Waals surface area contributed by atoms with Crippen LogP contribution in [0.15, 0.2) is 23.5 Å². The molecule has 0 aromatic rings. The molecular formula is C11H18N2OS. The Morgan fingerprint density at radius 3 is 3.20 bits per heavy atom. The van der Waals surface area contributed by atoms with Crippen LogP contribution < -0.4 is 11.1 Å². The highest BCUT2D eigenvalue weighted by molar-refractivity contribution is 7.78. The molecule has 0 fully saturated rings. The monoisotopic (exact) mass is 226 g/mol. The van der Waals surface area contributed by atoms with Crippen molar-refractivity contribution in [2.75, 3.05) is 6.61 Å². The number of aliphatic hydroxyl groups excluding tert-OH is 1. The molecule has 1 rings (SSSR count). The number of nitrogens with two attached hydrogens (primary N) is 1. The maximum Gasteiger partial charge on any atom is 0.0654 e. The summed E-state index contributed by atoms with van der Waals surface area (Å²) in [4.78, 5) is 0. The Morgan fingerprint density at radius 1 is 1.73 bits per heavy atom. The van der Waals surface area contributed by atoms with Crippen LogP contribution in [0.4, 0.5) is 0 Å². The molecule has 0 spiro atoms. The highest BCUT2D eigenvalue weighted by atomic mass is 32.1. The summed E-state index contributed by atoms with van der Waals surface area (Å²) >= 11 is 4.63. The van der Waals surface area contributed by atoms with Crippen LogP contribution in [-0.2, 0) is 0 Å². The molecule has 0 aromatic carbocycles. The zero-order valence-corrected chi connectivity index (χ0v) is 9.59. The molecule has 1 aliphatic rings. The molecule has 0 heterocycles. The number of nitrogens with one attached hydrogen (secondary N) is 1. The molecule has 15 heavy (non-hydrogen) atoms. The molecule has 4 heteroatoms. The van der Waals surface area contributed by atoms with Gasteiger partial charge in [-0.25, -0.2) is 0 Å². The van der Waals surface area contributed by atoms with E-state index in [0.717, 1.165) is 37.0 Å². The van der Waals surface area contributed by atoms with Crippen molar-refractivity contribution >= 4 is 17.7 Å². The van der Waals surface area contributed by atoms with E-state index >= 15 is 0 Å². The first-order valence-electron chi connectivity index (χ1n) is 5.19. The van der Waals surface area contributed by atoms with Crippen LogP contribution in [0.2, 0.25) is 0 Å². The third-order valence-corrected chi connectivity index (χ3v) is 2.76. The van der Waals surface area contributed by atoms with E-state index in [-0.39, 0.29) is 6.61 Å². The second-order valence-corrected chi connectivity index (χ2v) is 4.11. The molecule has 1 unspecified atom stereocenters. The van der Waals surface area contributed by atoms with Crippen LogP contribution in [0.25, 0.3) is 0 Å². The van der Waals surface area contributed by atoms with Gasteiger partial charge in [-0.1, -0.05) is 18.3 Å². The van der Waals surface area contributed by atoms with Crippen molar-refractivity contribution in [3.63, 3.8) is 0 Å². The van der Waals surface area contributed by atoms with Crippen molar-refractivity contribution in [3.05, 3.63) is 23.5 Å². The van der Waals surface area contributed by atoms with Gasteiger partial charge in [-0.2, -0.15) is 0 Å². The number of aliphatic hydroxyl groups is 1. The summed E-state index contributed by atoms with van der Waals surface area (Å²) in [6, 6.07) is 0. The Hall–Kier alpha value is -0.870. The number of rotatable bonds is 5. The van der Waals surface area contributed by atoms with Gasteiger partial charge in [0, 0.05) is 11.9 Å². The van der Waals surface area contributed by atoms with Crippen molar-refractivity contribution in [2.45, 2.75) is 25.7 Å². The Morgan fingerprint density at radius 2 is 2.53 bits per heavy atom.